The van der Waals surface area contributed by atoms with E-state index < -0.39 is 0 Å². The SMILES string of the molecule is Cl.Nc1cccc2c1CCCN2C(=O)c1cc2c(s1)CCCCC2. The minimum Gasteiger partial charge on any atom is -0.398 e. The second kappa shape index (κ2) is 7.16. The molecular formula is C19H23ClN2OS. The van der Waals surface area contributed by atoms with E-state index in [-0.39, 0.29) is 18.3 Å². The predicted molar refractivity (Wildman–Crippen MR) is 104 cm³/mol. The van der Waals surface area contributed by atoms with E-state index in [1.165, 1.54) is 29.7 Å². The largest absolute Gasteiger partial charge is 0.398 e. The summed E-state index contributed by atoms with van der Waals surface area (Å²) in [5.41, 5.74) is 10.4. The number of nitrogens with zero attached hydrogens (tertiary/aromatic N) is 1. The third-order valence-electron chi connectivity index (χ3n) is 4.99. The van der Waals surface area contributed by atoms with Crippen LogP contribution in [0, 0.1) is 0 Å². The number of fused-ring (bicyclic) bond motifs is 2. The van der Waals surface area contributed by atoms with Gasteiger partial charge in [0.2, 0.25) is 0 Å². The number of carbonyl (C=O) groups excluding carboxylic acids is 1. The Bertz CT molecular complexity index is 732. The fourth-order valence-electron chi connectivity index (χ4n) is 3.77. The zero-order valence-electron chi connectivity index (χ0n) is 13.7. The van der Waals surface area contributed by atoms with E-state index in [4.69, 9.17) is 5.73 Å². The molecule has 128 valence electrons. The van der Waals surface area contributed by atoms with Crippen LogP contribution in [0.3, 0.4) is 0 Å². The molecule has 4 rings (SSSR count). The van der Waals surface area contributed by atoms with Crippen LogP contribution in [0.25, 0.3) is 0 Å². The number of nitrogen functional groups attached to an aromatic ring is 1. The Labute approximate surface area is 153 Å². The van der Waals surface area contributed by atoms with Gasteiger partial charge in [0.25, 0.3) is 5.91 Å². The second-order valence-corrected chi connectivity index (χ2v) is 7.66. The number of hydrogen-bond donors (Lipinski definition) is 1. The summed E-state index contributed by atoms with van der Waals surface area (Å²) in [5, 5.41) is 0. The summed E-state index contributed by atoms with van der Waals surface area (Å²) < 4.78 is 0. The summed E-state index contributed by atoms with van der Waals surface area (Å²) in [7, 11) is 0. The van der Waals surface area contributed by atoms with Crippen molar-refractivity contribution in [2.45, 2.75) is 44.9 Å². The van der Waals surface area contributed by atoms with Gasteiger partial charge in [0.05, 0.1) is 4.88 Å². The van der Waals surface area contributed by atoms with Crippen LogP contribution in [0.1, 0.15) is 51.4 Å². The van der Waals surface area contributed by atoms with Gasteiger partial charge in [-0.3, -0.25) is 4.79 Å². The van der Waals surface area contributed by atoms with Crippen LogP contribution in [0.5, 0.6) is 0 Å². The van der Waals surface area contributed by atoms with E-state index in [1.807, 2.05) is 23.1 Å². The molecule has 0 radical (unpaired) electrons. The van der Waals surface area contributed by atoms with Gasteiger partial charge in [0, 0.05) is 22.8 Å². The molecule has 2 heterocycles. The second-order valence-electron chi connectivity index (χ2n) is 6.52. The lowest BCUT2D eigenvalue weighted by Crippen LogP contribution is -2.35. The Balaban J connectivity index is 0.00000169. The predicted octanol–water partition coefficient (Wildman–Crippen LogP) is 4.61. The zero-order valence-corrected chi connectivity index (χ0v) is 15.3. The molecule has 1 aromatic heterocycles. The first-order valence-electron chi connectivity index (χ1n) is 8.55. The molecule has 0 saturated carbocycles. The molecule has 3 nitrogen and oxygen atoms in total. The summed E-state index contributed by atoms with van der Waals surface area (Å²) in [6.07, 6.45) is 8.03. The Morgan fingerprint density at radius 1 is 1.08 bits per heavy atom. The van der Waals surface area contributed by atoms with E-state index in [2.05, 4.69) is 6.07 Å². The molecule has 2 aliphatic rings. The van der Waals surface area contributed by atoms with Gasteiger partial charge in [0.15, 0.2) is 0 Å². The standard InChI is InChI=1S/C19H22N2OS.ClH/c20-15-8-4-9-16-14(15)7-5-11-21(16)19(22)18-12-13-6-2-1-3-10-17(13)23-18;/h4,8-9,12H,1-3,5-7,10-11,20H2;1H. The minimum atomic E-state index is 0. The van der Waals surface area contributed by atoms with Crippen molar-refractivity contribution in [3.05, 3.63) is 45.1 Å². The number of anilines is 2. The van der Waals surface area contributed by atoms with Crippen LogP contribution < -0.4 is 10.6 Å². The third kappa shape index (κ3) is 3.05. The van der Waals surface area contributed by atoms with E-state index >= 15 is 0 Å². The lowest BCUT2D eigenvalue weighted by molar-refractivity contribution is 0.0989. The van der Waals surface area contributed by atoms with E-state index in [1.54, 1.807) is 11.3 Å². The quantitative estimate of drug-likeness (QED) is 0.594. The molecule has 0 spiro atoms. The van der Waals surface area contributed by atoms with Crippen molar-refractivity contribution < 1.29 is 4.79 Å². The maximum atomic E-state index is 13.1. The van der Waals surface area contributed by atoms with Crippen molar-refractivity contribution in [3.63, 3.8) is 0 Å². The highest BCUT2D eigenvalue weighted by Crippen LogP contribution is 2.35. The number of hydrogen-bond acceptors (Lipinski definition) is 3. The number of rotatable bonds is 1. The molecule has 0 fully saturated rings. The molecule has 0 bridgehead atoms. The van der Waals surface area contributed by atoms with Gasteiger partial charge < -0.3 is 10.6 Å². The van der Waals surface area contributed by atoms with Crippen molar-refractivity contribution in [3.8, 4) is 0 Å². The van der Waals surface area contributed by atoms with Gasteiger partial charge in [-0.25, -0.2) is 0 Å². The molecule has 0 atom stereocenters. The summed E-state index contributed by atoms with van der Waals surface area (Å²) in [6.45, 7) is 0.790. The van der Waals surface area contributed by atoms with Crippen LogP contribution in [0.2, 0.25) is 0 Å². The molecule has 24 heavy (non-hydrogen) atoms. The first-order chi connectivity index (χ1) is 11.2. The van der Waals surface area contributed by atoms with Crippen LogP contribution in [0.15, 0.2) is 24.3 Å². The molecule has 1 aromatic carbocycles. The molecular weight excluding hydrogens is 340 g/mol. The van der Waals surface area contributed by atoms with Crippen LogP contribution >= 0.6 is 23.7 Å². The number of amides is 1. The number of nitrogens with two attached hydrogens (primary N) is 1. The van der Waals surface area contributed by atoms with Crippen LogP contribution in [-0.2, 0) is 19.3 Å². The summed E-state index contributed by atoms with van der Waals surface area (Å²) in [6, 6.07) is 8.05. The molecule has 0 saturated heterocycles. The summed E-state index contributed by atoms with van der Waals surface area (Å²) in [4.78, 5) is 17.3. The number of carbonyl (C=O) groups is 1. The van der Waals surface area contributed by atoms with Gasteiger partial charge >= 0.3 is 0 Å². The topological polar surface area (TPSA) is 46.3 Å². The lowest BCUT2D eigenvalue weighted by atomic mass is 9.99. The smallest absolute Gasteiger partial charge is 0.268 e. The fourth-order valence-corrected chi connectivity index (χ4v) is 4.97. The fraction of sp³-hybridized carbons (Fsp3) is 0.421. The van der Waals surface area contributed by atoms with Crippen molar-refractivity contribution in [1.82, 2.24) is 0 Å². The van der Waals surface area contributed by atoms with Gasteiger partial charge in [-0.1, -0.05) is 12.5 Å². The van der Waals surface area contributed by atoms with Gasteiger partial charge in [-0.05, 0) is 67.9 Å². The Kier molecular flexibility index (Phi) is 5.16. The maximum Gasteiger partial charge on any atom is 0.268 e. The maximum absolute atomic E-state index is 13.1. The number of halogens is 1. The van der Waals surface area contributed by atoms with Crippen LogP contribution in [0.4, 0.5) is 11.4 Å². The average molecular weight is 363 g/mol. The number of thiophene rings is 1. The van der Waals surface area contributed by atoms with Gasteiger partial charge in [0.1, 0.15) is 0 Å². The minimum absolute atomic E-state index is 0. The molecule has 2 aromatic rings. The monoisotopic (exact) mass is 362 g/mol. The highest BCUT2D eigenvalue weighted by atomic mass is 35.5. The Morgan fingerprint density at radius 3 is 2.79 bits per heavy atom. The third-order valence-corrected chi connectivity index (χ3v) is 6.21. The molecule has 0 unspecified atom stereocenters. The molecule has 1 aliphatic heterocycles. The number of benzene rings is 1. The van der Waals surface area contributed by atoms with E-state index in [9.17, 15) is 4.79 Å². The molecule has 1 amide bonds. The Hall–Kier alpha value is -1.52. The van der Waals surface area contributed by atoms with Crippen molar-refractivity contribution in [1.29, 1.82) is 0 Å². The first kappa shape index (κ1) is 17.3. The molecule has 1 aliphatic carbocycles. The van der Waals surface area contributed by atoms with Crippen LogP contribution in [-0.4, -0.2) is 12.5 Å². The summed E-state index contributed by atoms with van der Waals surface area (Å²) >= 11 is 1.71. The lowest BCUT2D eigenvalue weighted by Gasteiger charge is -2.30. The highest BCUT2D eigenvalue weighted by Gasteiger charge is 2.26. The number of aryl methyl sites for hydroxylation is 2. The summed E-state index contributed by atoms with van der Waals surface area (Å²) in [5.74, 6) is 0.148. The van der Waals surface area contributed by atoms with Gasteiger partial charge in [-0.15, -0.1) is 23.7 Å². The van der Waals surface area contributed by atoms with Crippen molar-refractivity contribution in [2.75, 3.05) is 17.2 Å². The van der Waals surface area contributed by atoms with E-state index in [0.29, 0.717) is 0 Å². The van der Waals surface area contributed by atoms with Gasteiger partial charge in [-0.2, -0.15) is 0 Å². The normalized spacial score (nSPS) is 16.6. The Morgan fingerprint density at radius 2 is 1.92 bits per heavy atom. The van der Waals surface area contributed by atoms with Crippen molar-refractivity contribution in [2.24, 2.45) is 0 Å². The molecule has 5 heteroatoms. The van der Waals surface area contributed by atoms with E-state index in [0.717, 1.165) is 54.0 Å². The highest BCUT2D eigenvalue weighted by molar-refractivity contribution is 7.14. The first-order valence-corrected chi connectivity index (χ1v) is 9.36. The van der Waals surface area contributed by atoms with Crippen molar-refractivity contribution >= 4 is 41.0 Å². The average Bonchev–Trinajstić information content (AvgIpc) is 2.85. The molecule has 2 N–H and O–H groups in total. The zero-order chi connectivity index (χ0) is 15.8.